The molecule has 0 saturated carbocycles. The minimum absolute atomic E-state index is 0.167. The van der Waals surface area contributed by atoms with Gasteiger partial charge < -0.3 is 0 Å². The first-order chi connectivity index (χ1) is 20.2. The number of hydrogen-bond donors (Lipinski definition) is 0. The molecule has 3 aromatic carbocycles. The van der Waals surface area contributed by atoms with Gasteiger partial charge in [-0.3, -0.25) is 6.08 Å². The second kappa shape index (κ2) is 15.0. The van der Waals surface area contributed by atoms with Gasteiger partial charge in [-0.05, 0) is 36.5 Å². The van der Waals surface area contributed by atoms with Crippen molar-refractivity contribution >= 4 is 12.3 Å². The fraction of sp³-hybridized carbons (Fsp3) is 0.410. The molecule has 1 atom stereocenters. The standard InChI is InChI=1S/C21H25.C10H17Si.C7H4F3.CH2.Zr/c1-20(2,3)16-7-9-18-14(12-16)11-15-13-17(21(4,5)6)8-10-19(15)18;1-8-6-9(2)10(7-8)11(3,4)5;8-7(9,10)6-4-2-1-3-5-6;;/h7-10,12H,11H2,1-6H3;7-8H,1-5H3;2-5H;1H2;/q3*-1;;. The Kier molecular flexibility index (Phi) is 13.0. The molecule has 236 valence electrons. The van der Waals surface area contributed by atoms with Crippen molar-refractivity contribution < 1.29 is 37.4 Å². The van der Waals surface area contributed by atoms with Crippen LogP contribution in [0.4, 0.5) is 13.2 Å². The summed E-state index contributed by atoms with van der Waals surface area (Å²) in [5.41, 5.74) is 9.47. The van der Waals surface area contributed by atoms with E-state index in [-0.39, 0.29) is 10.8 Å². The van der Waals surface area contributed by atoms with E-state index in [2.05, 4.69) is 134 Å². The Morgan fingerprint density at radius 2 is 1.39 bits per heavy atom. The van der Waals surface area contributed by atoms with E-state index < -0.39 is 19.8 Å². The fourth-order valence-electron chi connectivity index (χ4n) is 5.25. The number of hydrogen-bond acceptors (Lipinski definition) is 0. The molecule has 44 heavy (non-hydrogen) atoms. The molecule has 0 saturated heterocycles. The van der Waals surface area contributed by atoms with E-state index in [0.717, 1.165) is 18.6 Å². The number of rotatable bonds is 1. The van der Waals surface area contributed by atoms with Crippen molar-refractivity contribution in [3.8, 4) is 11.1 Å². The molecule has 0 bridgehead atoms. The van der Waals surface area contributed by atoms with Gasteiger partial charge in [-0.25, -0.2) is 10.8 Å². The number of allylic oxidation sites excluding steroid dienone is 4. The third kappa shape index (κ3) is 10.5. The maximum absolute atomic E-state index is 11.8. The predicted molar refractivity (Wildman–Crippen MR) is 181 cm³/mol. The molecule has 0 spiro atoms. The van der Waals surface area contributed by atoms with Gasteiger partial charge in [0.05, 0.1) is 0 Å². The zero-order valence-corrected chi connectivity index (χ0v) is 31.9. The normalized spacial score (nSPS) is 15.6. The van der Waals surface area contributed by atoms with Gasteiger partial charge in [-0.1, -0.05) is 110 Å². The van der Waals surface area contributed by atoms with Crippen molar-refractivity contribution in [3.63, 3.8) is 0 Å². The fourth-order valence-corrected chi connectivity index (χ4v) is 7.20. The van der Waals surface area contributed by atoms with Crippen LogP contribution in [0.3, 0.4) is 0 Å². The van der Waals surface area contributed by atoms with Crippen LogP contribution in [-0.4, -0.2) is 12.3 Å². The van der Waals surface area contributed by atoms with E-state index in [4.69, 9.17) is 0 Å². The summed E-state index contributed by atoms with van der Waals surface area (Å²) >= 11 is 1.30. The van der Waals surface area contributed by atoms with E-state index in [0.29, 0.717) is 5.92 Å². The van der Waals surface area contributed by atoms with Crippen molar-refractivity contribution in [2.45, 2.75) is 98.5 Å². The van der Waals surface area contributed by atoms with Gasteiger partial charge in [0, 0.05) is 0 Å². The summed E-state index contributed by atoms with van der Waals surface area (Å²) in [6, 6.07) is 22.1. The molecule has 2 aliphatic rings. The van der Waals surface area contributed by atoms with Crippen LogP contribution < -0.4 is 0 Å². The molecular weight excluding hydrogens is 645 g/mol. The number of halogens is 3. The van der Waals surface area contributed by atoms with Gasteiger partial charge in [-0.15, -0.1) is 11.1 Å². The van der Waals surface area contributed by atoms with Gasteiger partial charge in [0.15, 0.2) is 0 Å². The molecule has 0 aliphatic heterocycles. The monoisotopic (exact) mass is 691 g/mol. The van der Waals surface area contributed by atoms with Crippen LogP contribution in [0.25, 0.3) is 11.1 Å². The summed E-state index contributed by atoms with van der Waals surface area (Å²) in [5, 5.41) is 1.60. The van der Waals surface area contributed by atoms with Gasteiger partial charge >= 0.3 is 34.6 Å². The summed E-state index contributed by atoms with van der Waals surface area (Å²) < 4.78 is 38.7. The van der Waals surface area contributed by atoms with Crippen LogP contribution in [-0.2, 0) is 47.7 Å². The molecule has 0 nitrogen and oxygen atoms in total. The maximum atomic E-state index is 11.8. The van der Waals surface area contributed by atoms with E-state index in [1.807, 2.05) is 0 Å². The van der Waals surface area contributed by atoms with Crippen molar-refractivity contribution in [3.05, 3.63) is 117 Å². The van der Waals surface area contributed by atoms with E-state index in [1.165, 1.54) is 75.3 Å². The Morgan fingerprint density at radius 3 is 1.80 bits per heavy atom. The molecule has 3 aromatic rings. The van der Waals surface area contributed by atoms with E-state index >= 15 is 0 Å². The molecule has 0 radical (unpaired) electrons. The summed E-state index contributed by atoms with van der Waals surface area (Å²) in [6.45, 7) is 25.2. The number of benzene rings is 3. The summed E-state index contributed by atoms with van der Waals surface area (Å²) in [7, 11) is -1.07. The summed E-state index contributed by atoms with van der Waals surface area (Å²) in [6.07, 6.45) is 2.61. The van der Waals surface area contributed by atoms with Crippen LogP contribution in [0.2, 0.25) is 19.6 Å². The average Bonchev–Trinajstić information content (AvgIpc) is 3.47. The van der Waals surface area contributed by atoms with Crippen molar-refractivity contribution in [1.82, 2.24) is 0 Å². The number of fused-ring (bicyclic) bond motifs is 3. The predicted octanol–water partition coefficient (Wildman–Crippen LogP) is 11.3. The van der Waals surface area contributed by atoms with Gasteiger partial charge in [0.2, 0.25) is 0 Å². The van der Waals surface area contributed by atoms with Crippen molar-refractivity contribution in [2.75, 3.05) is 0 Å². The van der Waals surface area contributed by atoms with Gasteiger partial charge in [0.25, 0.3) is 0 Å². The molecule has 0 heterocycles. The first kappa shape index (κ1) is 38.1. The molecule has 0 N–H and O–H groups in total. The van der Waals surface area contributed by atoms with Crippen LogP contribution in [0.1, 0.15) is 83.2 Å². The third-order valence-corrected chi connectivity index (χ3v) is 9.74. The molecule has 2 aliphatic carbocycles. The van der Waals surface area contributed by atoms with Crippen LogP contribution in [0.5, 0.6) is 0 Å². The second-order valence-corrected chi connectivity index (χ2v) is 19.5. The van der Waals surface area contributed by atoms with Crippen molar-refractivity contribution in [2.24, 2.45) is 5.92 Å². The molecule has 0 fully saturated rings. The Morgan fingerprint density at radius 1 is 0.818 bits per heavy atom. The first-order valence-electron chi connectivity index (χ1n) is 15.1. The Hall–Kier alpha value is -2.10. The Bertz CT molecular complexity index is 1400. The first-order valence-corrected chi connectivity index (χ1v) is 20.3. The van der Waals surface area contributed by atoms with E-state index in [9.17, 15) is 13.2 Å². The summed E-state index contributed by atoms with van der Waals surface area (Å²) in [5.74, 6) is 0.553. The van der Waals surface area contributed by atoms with Crippen LogP contribution in [0, 0.1) is 24.1 Å². The molecular formula is C39H48F3SiZr-3. The van der Waals surface area contributed by atoms with Crippen molar-refractivity contribution in [1.29, 1.82) is 0 Å². The molecule has 0 amide bonds. The van der Waals surface area contributed by atoms with E-state index in [1.54, 1.807) is 5.20 Å². The second-order valence-electron chi connectivity index (χ2n) is 14.5. The molecule has 0 aromatic heterocycles. The molecule has 5 heteroatoms. The minimum atomic E-state index is -4.23. The topological polar surface area (TPSA) is 0 Å². The average molecular weight is 693 g/mol. The molecule has 1 unspecified atom stereocenters. The van der Waals surface area contributed by atoms with Gasteiger partial charge in [-0.2, -0.15) is 73.3 Å². The van der Waals surface area contributed by atoms with Crippen LogP contribution in [0.15, 0.2) is 71.4 Å². The van der Waals surface area contributed by atoms with Gasteiger partial charge in [0.1, 0.15) is 0 Å². The quantitative estimate of drug-likeness (QED) is 0.138. The third-order valence-electron chi connectivity index (χ3n) is 7.58. The SMILES string of the molecule is CC(C)(C)c1[c-]c2c(cc1)-c1ccc(C(C)(C)C)cc1C2.CC1=[C-]C(C)C=C1[Si](C)(C)C.FC(F)(F)c1cc[c-]cc1.[CH2]=[Zr]. The summed E-state index contributed by atoms with van der Waals surface area (Å²) in [4.78, 5) is 0. The Labute approximate surface area is 281 Å². The Balaban J connectivity index is 0.000000248. The van der Waals surface area contributed by atoms with Crippen LogP contribution >= 0.6 is 0 Å². The zero-order valence-electron chi connectivity index (χ0n) is 28.4. The zero-order chi connectivity index (χ0) is 33.7. The number of alkyl halides is 3. The molecule has 5 rings (SSSR count).